The third-order valence-corrected chi connectivity index (χ3v) is 2.65. The van der Waals surface area contributed by atoms with Crippen LogP contribution >= 0.6 is 0 Å². The van der Waals surface area contributed by atoms with Crippen molar-refractivity contribution in [2.24, 2.45) is 5.92 Å². The molecule has 0 heterocycles. The Morgan fingerprint density at radius 2 is 2.11 bits per heavy atom. The van der Waals surface area contributed by atoms with Gasteiger partial charge < -0.3 is 9.84 Å². The van der Waals surface area contributed by atoms with E-state index in [0.717, 1.165) is 18.7 Å². The Labute approximate surface area is 108 Å². The van der Waals surface area contributed by atoms with Gasteiger partial charge in [-0.2, -0.15) is 0 Å². The van der Waals surface area contributed by atoms with Crippen LogP contribution in [0.5, 0.6) is 5.75 Å². The SMILES string of the molecule is COCCN(Cc1ccc(O)c(F)c1)CC(C)C. The van der Waals surface area contributed by atoms with Gasteiger partial charge in [-0.25, -0.2) is 4.39 Å². The molecule has 0 aliphatic carbocycles. The van der Waals surface area contributed by atoms with Crippen LogP contribution in [0.3, 0.4) is 0 Å². The molecule has 4 heteroatoms. The number of ether oxygens (including phenoxy) is 1. The Morgan fingerprint density at radius 1 is 1.39 bits per heavy atom. The predicted octanol–water partition coefficient (Wildman–Crippen LogP) is 2.64. The van der Waals surface area contributed by atoms with E-state index in [9.17, 15) is 4.39 Å². The van der Waals surface area contributed by atoms with Crippen molar-refractivity contribution in [3.63, 3.8) is 0 Å². The number of phenolic OH excluding ortho intramolecular Hbond substituents is 1. The molecule has 0 aliphatic heterocycles. The second-order valence-corrected chi connectivity index (χ2v) is 4.91. The highest BCUT2D eigenvalue weighted by molar-refractivity contribution is 5.27. The van der Waals surface area contributed by atoms with Crippen LogP contribution in [0, 0.1) is 11.7 Å². The van der Waals surface area contributed by atoms with Crippen molar-refractivity contribution in [1.29, 1.82) is 0 Å². The zero-order valence-corrected chi connectivity index (χ0v) is 11.3. The number of rotatable bonds is 7. The van der Waals surface area contributed by atoms with E-state index in [0.29, 0.717) is 19.1 Å². The average Bonchev–Trinajstić information content (AvgIpc) is 2.30. The summed E-state index contributed by atoms with van der Waals surface area (Å²) in [5, 5.41) is 9.16. The fourth-order valence-corrected chi connectivity index (χ4v) is 1.88. The number of methoxy groups -OCH3 is 1. The summed E-state index contributed by atoms with van der Waals surface area (Å²) < 4.78 is 18.3. The van der Waals surface area contributed by atoms with Gasteiger partial charge in [-0.1, -0.05) is 19.9 Å². The van der Waals surface area contributed by atoms with Crippen molar-refractivity contribution in [3.8, 4) is 5.75 Å². The quantitative estimate of drug-likeness (QED) is 0.813. The molecule has 0 unspecified atom stereocenters. The first-order chi connectivity index (χ1) is 8.52. The first-order valence-corrected chi connectivity index (χ1v) is 6.21. The highest BCUT2D eigenvalue weighted by Gasteiger charge is 2.09. The number of aromatic hydroxyl groups is 1. The summed E-state index contributed by atoms with van der Waals surface area (Å²) in [6.07, 6.45) is 0. The number of nitrogens with zero attached hydrogens (tertiary/aromatic N) is 1. The molecule has 1 rings (SSSR count). The fraction of sp³-hybridized carbons (Fsp3) is 0.571. The molecule has 0 radical (unpaired) electrons. The van der Waals surface area contributed by atoms with Gasteiger partial charge in [0.2, 0.25) is 0 Å². The Morgan fingerprint density at radius 3 is 2.67 bits per heavy atom. The van der Waals surface area contributed by atoms with E-state index in [1.807, 2.05) is 0 Å². The van der Waals surface area contributed by atoms with Crippen molar-refractivity contribution >= 4 is 0 Å². The molecule has 0 saturated heterocycles. The standard InChI is InChI=1S/C14H22FNO2/c1-11(2)9-16(6-7-18-3)10-12-4-5-14(17)13(15)8-12/h4-5,8,11,17H,6-7,9-10H2,1-3H3. The van der Waals surface area contributed by atoms with Gasteiger partial charge in [0.25, 0.3) is 0 Å². The summed E-state index contributed by atoms with van der Waals surface area (Å²) in [6, 6.07) is 4.53. The molecule has 1 aromatic rings. The highest BCUT2D eigenvalue weighted by atomic mass is 19.1. The summed E-state index contributed by atoms with van der Waals surface area (Å²) >= 11 is 0. The van der Waals surface area contributed by atoms with E-state index >= 15 is 0 Å². The van der Waals surface area contributed by atoms with Gasteiger partial charge in [0.15, 0.2) is 11.6 Å². The Hall–Kier alpha value is -1.13. The van der Waals surface area contributed by atoms with Gasteiger partial charge in [-0.3, -0.25) is 4.90 Å². The topological polar surface area (TPSA) is 32.7 Å². The maximum atomic E-state index is 13.3. The van der Waals surface area contributed by atoms with E-state index in [2.05, 4.69) is 18.7 Å². The molecule has 0 bridgehead atoms. The first kappa shape index (κ1) is 14.9. The maximum absolute atomic E-state index is 13.3. The van der Waals surface area contributed by atoms with Crippen LogP contribution < -0.4 is 0 Å². The lowest BCUT2D eigenvalue weighted by Gasteiger charge is -2.24. The van der Waals surface area contributed by atoms with Crippen LogP contribution in [0.25, 0.3) is 0 Å². The molecule has 0 aliphatic rings. The van der Waals surface area contributed by atoms with Crippen LogP contribution in [-0.2, 0) is 11.3 Å². The van der Waals surface area contributed by atoms with Gasteiger partial charge in [-0.05, 0) is 23.6 Å². The predicted molar refractivity (Wildman–Crippen MR) is 70.1 cm³/mol. The van der Waals surface area contributed by atoms with E-state index in [1.54, 1.807) is 13.2 Å². The molecule has 0 spiro atoms. The summed E-state index contributed by atoms with van der Waals surface area (Å²) in [6.45, 7) is 7.38. The summed E-state index contributed by atoms with van der Waals surface area (Å²) in [7, 11) is 1.67. The number of halogens is 1. The molecule has 0 saturated carbocycles. The van der Waals surface area contributed by atoms with E-state index in [1.165, 1.54) is 12.1 Å². The molecule has 0 fully saturated rings. The highest BCUT2D eigenvalue weighted by Crippen LogP contribution is 2.17. The third kappa shape index (κ3) is 5.02. The summed E-state index contributed by atoms with van der Waals surface area (Å²) in [5.74, 6) is -0.321. The average molecular weight is 255 g/mol. The lowest BCUT2D eigenvalue weighted by atomic mass is 10.1. The van der Waals surface area contributed by atoms with E-state index < -0.39 is 5.82 Å². The van der Waals surface area contributed by atoms with Crippen molar-refractivity contribution in [2.75, 3.05) is 26.8 Å². The molecule has 102 valence electrons. The van der Waals surface area contributed by atoms with Crippen molar-refractivity contribution in [2.45, 2.75) is 20.4 Å². The van der Waals surface area contributed by atoms with Crippen LogP contribution in [0.4, 0.5) is 4.39 Å². The third-order valence-electron chi connectivity index (χ3n) is 2.65. The monoisotopic (exact) mass is 255 g/mol. The van der Waals surface area contributed by atoms with Crippen LogP contribution in [0.1, 0.15) is 19.4 Å². The van der Waals surface area contributed by atoms with E-state index in [4.69, 9.17) is 9.84 Å². The van der Waals surface area contributed by atoms with Gasteiger partial charge in [0.05, 0.1) is 6.61 Å². The van der Waals surface area contributed by atoms with Crippen molar-refractivity contribution in [1.82, 2.24) is 4.90 Å². The van der Waals surface area contributed by atoms with Crippen molar-refractivity contribution < 1.29 is 14.2 Å². The molecule has 0 aromatic heterocycles. The maximum Gasteiger partial charge on any atom is 0.165 e. The van der Waals surface area contributed by atoms with Gasteiger partial charge in [0.1, 0.15) is 0 Å². The molecule has 0 atom stereocenters. The molecule has 18 heavy (non-hydrogen) atoms. The Balaban J connectivity index is 2.65. The van der Waals surface area contributed by atoms with Gasteiger partial charge in [0, 0.05) is 26.7 Å². The minimum absolute atomic E-state index is 0.300. The summed E-state index contributed by atoms with van der Waals surface area (Å²) in [5.41, 5.74) is 0.863. The number of phenols is 1. The Bertz CT molecular complexity index is 369. The lowest BCUT2D eigenvalue weighted by Crippen LogP contribution is -2.30. The first-order valence-electron chi connectivity index (χ1n) is 6.21. The molecular weight excluding hydrogens is 233 g/mol. The second-order valence-electron chi connectivity index (χ2n) is 4.91. The minimum atomic E-state index is -0.566. The summed E-state index contributed by atoms with van der Waals surface area (Å²) in [4.78, 5) is 2.22. The lowest BCUT2D eigenvalue weighted by molar-refractivity contribution is 0.136. The molecule has 0 amide bonds. The number of hydrogen-bond donors (Lipinski definition) is 1. The minimum Gasteiger partial charge on any atom is -0.505 e. The Kier molecular flexibility index (Phi) is 6.09. The van der Waals surface area contributed by atoms with Gasteiger partial charge in [-0.15, -0.1) is 0 Å². The van der Waals surface area contributed by atoms with Crippen LogP contribution in [0.2, 0.25) is 0 Å². The largest absolute Gasteiger partial charge is 0.505 e. The van der Waals surface area contributed by atoms with Crippen LogP contribution in [0.15, 0.2) is 18.2 Å². The second kappa shape index (κ2) is 7.34. The zero-order valence-electron chi connectivity index (χ0n) is 11.3. The fourth-order valence-electron chi connectivity index (χ4n) is 1.88. The van der Waals surface area contributed by atoms with E-state index in [-0.39, 0.29) is 5.75 Å². The van der Waals surface area contributed by atoms with Crippen molar-refractivity contribution in [3.05, 3.63) is 29.6 Å². The normalized spacial score (nSPS) is 11.4. The van der Waals surface area contributed by atoms with Crippen LogP contribution in [-0.4, -0.2) is 36.8 Å². The molecular formula is C14H22FNO2. The number of benzene rings is 1. The smallest absolute Gasteiger partial charge is 0.165 e. The van der Waals surface area contributed by atoms with Gasteiger partial charge >= 0.3 is 0 Å². The number of hydrogen-bond acceptors (Lipinski definition) is 3. The molecule has 3 nitrogen and oxygen atoms in total. The molecule has 1 N–H and O–H groups in total. The zero-order chi connectivity index (χ0) is 13.5. The molecule has 1 aromatic carbocycles.